The number of amides is 2. The van der Waals surface area contributed by atoms with Crippen LogP contribution in [0.4, 0.5) is 5.69 Å². The number of hydrogen-bond donors (Lipinski definition) is 2. The maximum atomic E-state index is 12.3. The molecule has 2 rings (SSSR count). The van der Waals surface area contributed by atoms with Gasteiger partial charge in [0.05, 0.1) is 24.4 Å². The highest BCUT2D eigenvalue weighted by molar-refractivity contribution is 6.09. The fraction of sp³-hybridized carbons (Fsp3) is 0.235. The van der Waals surface area contributed by atoms with Crippen LogP contribution in [0.1, 0.15) is 25.2 Å². The number of hydrogen-bond acceptors (Lipinski definition) is 4. The Balaban J connectivity index is 1.97. The molecule has 118 valence electrons. The van der Waals surface area contributed by atoms with Crippen molar-refractivity contribution in [2.45, 2.75) is 20.4 Å². The fourth-order valence-electron chi connectivity index (χ4n) is 1.82. The number of nitrogens with one attached hydrogen (secondary N) is 2. The van der Waals surface area contributed by atoms with Gasteiger partial charge in [0.15, 0.2) is 0 Å². The third-order valence-electron chi connectivity index (χ3n) is 3.41. The second-order valence-corrected chi connectivity index (χ2v) is 5.53. The largest absolute Gasteiger partial charge is 0.467 e. The predicted molar refractivity (Wildman–Crippen MR) is 84.1 cm³/mol. The molecular formula is C17H17N3O3. The van der Waals surface area contributed by atoms with Crippen molar-refractivity contribution in [3.8, 4) is 6.07 Å². The smallest absolute Gasteiger partial charge is 0.239 e. The van der Waals surface area contributed by atoms with Gasteiger partial charge in [0.1, 0.15) is 11.2 Å². The Hall–Kier alpha value is -3.07. The lowest BCUT2D eigenvalue weighted by Crippen LogP contribution is -2.44. The average Bonchev–Trinajstić information content (AvgIpc) is 3.06. The van der Waals surface area contributed by atoms with Gasteiger partial charge in [-0.3, -0.25) is 9.59 Å². The Morgan fingerprint density at radius 1 is 1.17 bits per heavy atom. The molecule has 0 atom stereocenters. The second kappa shape index (κ2) is 6.79. The highest BCUT2D eigenvalue weighted by Crippen LogP contribution is 2.19. The molecular weight excluding hydrogens is 294 g/mol. The van der Waals surface area contributed by atoms with Crippen molar-refractivity contribution in [1.82, 2.24) is 5.32 Å². The van der Waals surface area contributed by atoms with Crippen LogP contribution < -0.4 is 10.6 Å². The van der Waals surface area contributed by atoms with Crippen molar-refractivity contribution in [2.75, 3.05) is 5.32 Å². The Labute approximate surface area is 134 Å². The summed E-state index contributed by atoms with van der Waals surface area (Å²) in [4.78, 5) is 24.6. The van der Waals surface area contributed by atoms with Gasteiger partial charge in [0.25, 0.3) is 0 Å². The minimum atomic E-state index is -1.25. The summed E-state index contributed by atoms with van der Waals surface area (Å²) in [7, 11) is 0. The maximum absolute atomic E-state index is 12.3. The monoisotopic (exact) mass is 311 g/mol. The first-order valence-electron chi connectivity index (χ1n) is 7.06. The Morgan fingerprint density at radius 2 is 1.87 bits per heavy atom. The van der Waals surface area contributed by atoms with E-state index in [1.54, 1.807) is 50.2 Å². The van der Waals surface area contributed by atoms with E-state index < -0.39 is 17.2 Å². The van der Waals surface area contributed by atoms with Crippen LogP contribution in [0, 0.1) is 16.7 Å². The van der Waals surface area contributed by atoms with Crippen LogP contribution in [0.5, 0.6) is 0 Å². The van der Waals surface area contributed by atoms with Gasteiger partial charge in [-0.25, -0.2) is 0 Å². The van der Waals surface area contributed by atoms with E-state index in [2.05, 4.69) is 10.6 Å². The lowest BCUT2D eigenvalue weighted by Gasteiger charge is -2.22. The van der Waals surface area contributed by atoms with Crippen LogP contribution in [0.15, 0.2) is 47.1 Å². The van der Waals surface area contributed by atoms with Crippen molar-refractivity contribution in [2.24, 2.45) is 5.41 Å². The number of anilines is 1. The summed E-state index contributed by atoms with van der Waals surface area (Å²) in [5, 5.41) is 14.1. The third-order valence-corrected chi connectivity index (χ3v) is 3.41. The predicted octanol–water partition coefficient (Wildman–Crippen LogP) is 2.43. The molecule has 0 unspecified atom stereocenters. The van der Waals surface area contributed by atoms with Gasteiger partial charge in [-0.1, -0.05) is 0 Å². The summed E-state index contributed by atoms with van der Waals surface area (Å²) in [6.07, 6.45) is 1.52. The molecule has 0 radical (unpaired) electrons. The normalized spacial score (nSPS) is 10.7. The topological polar surface area (TPSA) is 95.1 Å². The number of nitrogens with zero attached hydrogens (tertiary/aromatic N) is 1. The van der Waals surface area contributed by atoms with Crippen molar-refractivity contribution in [1.29, 1.82) is 5.26 Å². The lowest BCUT2D eigenvalue weighted by atomic mass is 9.91. The number of carbonyl (C=O) groups excluding carboxylic acids is 2. The highest BCUT2D eigenvalue weighted by Gasteiger charge is 2.36. The second-order valence-electron chi connectivity index (χ2n) is 5.53. The molecule has 2 N–H and O–H groups in total. The number of rotatable bonds is 5. The molecule has 2 aromatic rings. The van der Waals surface area contributed by atoms with Crippen molar-refractivity contribution in [3.63, 3.8) is 0 Å². The molecule has 6 heteroatoms. The molecule has 1 aromatic carbocycles. The summed E-state index contributed by atoms with van der Waals surface area (Å²) in [6, 6.07) is 11.9. The van der Waals surface area contributed by atoms with Crippen LogP contribution in [-0.4, -0.2) is 11.8 Å². The van der Waals surface area contributed by atoms with Crippen LogP contribution in [0.2, 0.25) is 0 Å². The molecule has 23 heavy (non-hydrogen) atoms. The minimum absolute atomic E-state index is 0.222. The molecule has 1 heterocycles. The molecule has 0 saturated carbocycles. The van der Waals surface area contributed by atoms with Crippen LogP contribution in [0.3, 0.4) is 0 Å². The van der Waals surface area contributed by atoms with Gasteiger partial charge in [0.2, 0.25) is 11.8 Å². The van der Waals surface area contributed by atoms with Crippen molar-refractivity contribution < 1.29 is 14.0 Å². The highest BCUT2D eigenvalue weighted by atomic mass is 16.3. The van der Waals surface area contributed by atoms with Crippen LogP contribution in [-0.2, 0) is 16.1 Å². The zero-order valence-corrected chi connectivity index (χ0v) is 12.9. The molecule has 0 aliphatic heterocycles. The molecule has 0 spiro atoms. The van der Waals surface area contributed by atoms with Gasteiger partial charge in [-0.2, -0.15) is 5.26 Å². The van der Waals surface area contributed by atoms with E-state index in [0.717, 1.165) is 0 Å². The molecule has 0 bridgehead atoms. The van der Waals surface area contributed by atoms with E-state index in [9.17, 15) is 9.59 Å². The molecule has 1 aromatic heterocycles. The first kappa shape index (κ1) is 16.3. The van der Waals surface area contributed by atoms with Crippen molar-refractivity contribution >= 4 is 17.5 Å². The Kier molecular flexibility index (Phi) is 4.82. The Bertz CT molecular complexity index is 725. The zero-order chi connectivity index (χ0) is 16.9. The molecule has 0 saturated heterocycles. The fourth-order valence-corrected chi connectivity index (χ4v) is 1.82. The first-order valence-corrected chi connectivity index (χ1v) is 7.06. The zero-order valence-electron chi connectivity index (χ0n) is 12.9. The quantitative estimate of drug-likeness (QED) is 0.829. The van der Waals surface area contributed by atoms with Gasteiger partial charge >= 0.3 is 0 Å². The van der Waals surface area contributed by atoms with Gasteiger partial charge < -0.3 is 15.1 Å². The van der Waals surface area contributed by atoms with E-state index in [1.165, 1.54) is 6.26 Å². The van der Waals surface area contributed by atoms with Gasteiger partial charge in [-0.15, -0.1) is 0 Å². The molecule has 6 nitrogen and oxygen atoms in total. The third kappa shape index (κ3) is 3.98. The number of benzene rings is 1. The summed E-state index contributed by atoms with van der Waals surface area (Å²) < 4.78 is 5.13. The SMILES string of the molecule is CC(C)(C(=O)NCc1ccco1)C(=O)Nc1ccc(C#N)cc1. The van der Waals surface area contributed by atoms with Gasteiger partial charge in [0, 0.05) is 5.69 Å². The number of carbonyl (C=O) groups is 2. The van der Waals surface area contributed by atoms with E-state index in [-0.39, 0.29) is 6.54 Å². The molecule has 0 aliphatic carbocycles. The van der Waals surface area contributed by atoms with Crippen LogP contribution in [0.25, 0.3) is 0 Å². The van der Waals surface area contributed by atoms with E-state index >= 15 is 0 Å². The van der Waals surface area contributed by atoms with Gasteiger partial charge in [-0.05, 0) is 50.2 Å². The van der Waals surface area contributed by atoms with E-state index in [4.69, 9.17) is 9.68 Å². The number of nitriles is 1. The van der Waals surface area contributed by atoms with E-state index in [1.807, 2.05) is 6.07 Å². The summed E-state index contributed by atoms with van der Waals surface area (Å²) in [6.45, 7) is 3.31. The molecule has 0 aliphatic rings. The average molecular weight is 311 g/mol. The summed E-state index contributed by atoms with van der Waals surface area (Å²) in [5.74, 6) is -0.221. The molecule has 2 amide bonds. The van der Waals surface area contributed by atoms with Crippen LogP contribution >= 0.6 is 0 Å². The summed E-state index contributed by atoms with van der Waals surface area (Å²) in [5.41, 5.74) is -0.222. The maximum Gasteiger partial charge on any atom is 0.239 e. The first-order chi connectivity index (χ1) is 10.9. The Morgan fingerprint density at radius 3 is 2.43 bits per heavy atom. The molecule has 0 fully saturated rings. The number of furan rings is 1. The van der Waals surface area contributed by atoms with Crippen molar-refractivity contribution in [3.05, 3.63) is 54.0 Å². The minimum Gasteiger partial charge on any atom is -0.467 e. The summed E-state index contributed by atoms with van der Waals surface area (Å²) >= 11 is 0. The standard InChI is InChI=1S/C17H17N3O3/c1-17(2,15(21)19-11-14-4-3-9-23-14)16(22)20-13-7-5-12(10-18)6-8-13/h3-9H,11H2,1-2H3,(H,19,21)(H,20,22). The van der Waals surface area contributed by atoms with E-state index in [0.29, 0.717) is 17.0 Å². The lowest BCUT2D eigenvalue weighted by molar-refractivity contribution is -0.138.